The van der Waals surface area contributed by atoms with E-state index in [0.29, 0.717) is 18.8 Å². The van der Waals surface area contributed by atoms with Crippen LogP contribution in [0.2, 0.25) is 0 Å². The number of hydrogen-bond donors (Lipinski definition) is 1. The number of halogens is 1. The molecule has 4 heteroatoms. The number of hydrogen-bond acceptors (Lipinski definition) is 2. The molecule has 0 radical (unpaired) electrons. The standard InChI is InChI=1S/C12H14FNO2/c1-14-12(15)6-8-4-5-16-11-3-2-9(13)7-10(8)11/h2-3,7-8H,4-6H2,1H3,(H,14,15). The summed E-state index contributed by atoms with van der Waals surface area (Å²) in [6.07, 6.45) is 1.14. The number of amides is 1. The van der Waals surface area contributed by atoms with Gasteiger partial charge in [0.2, 0.25) is 5.91 Å². The van der Waals surface area contributed by atoms with Crippen LogP contribution < -0.4 is 10.1 Å². The van der Waals surface area contributed by atoms with Crippen molar-refractivity contribution in [3.05, 3.63) is 29.6 Å². The van der Waals surface area contributed by atoms with E-state index in [4.69, 9.17) is 4.74 Å². The quantitative estimate of drug-likeness (QED) is 0.830. The summed E-state index contributed by atoms with van der Waals surface area (Å²) in [6, 6.07) is 4.46. The second kappa shape index (κ2) is 4.51. The van der Waals surface area contributed by atoms with Crippen LogP contribution in [0, 0.1) is 5.82 Å². The van der Waals surface area contributed by atoms with Crippen molar-refractivity contribution in [2.24, 2.45) is 0 Å². The number of ether oxygens (including phenoxy) is 1. The summed E-state index contributed by atoms with van der Waals surface area (Å²) in [4.78, 5) is 11.3. The van der Waals surface area contributed by atoms with Crippen LogP contribution in [-0.2, 0) is 4.79 Å². The molecule has 86 valence electrons. The Hall–Kier alpha value is -1.58. The molecule has 1 unspecified atom stereocenters. The van der Waals surface area contributed by atoms with E-state index >= 15 is 0 Å². The maximum absolute atomic E-state index is 13.1. The average molecular weight is 223 g/mol. The molecular weight excluding hydrogens is 209 g/mol. The highest BCUT2D eigenvalue weighted by molar-refractivity contribution is 5.76. The van der Waals surface area contributed by atoms with Gasteiger partial charge in [-0.3, -0.25) is 4.79 Å². The fourth-order valence-corrected chi connectivity index (χ4v) is 1.97. The Labute approximate surface area is 93.6 Å². The second-order valence-corrected chi connectivity index (χ2v) is 3.89. The zero-order chi connectivity index (χ0) is 11.5. The summed E-state index contributed by atoms with van der Waals surface area (Å²) in [5, 5.41) is 2.58. The van der Waals surface area contributed by atoms with Crippen molar-refractivity contribution >= 4 is 5.91 Å². The van der Waals surface area contributed by atoms with E-state index in [2.05, 4.69) is 5.32 Å². The van der Waals surface area contributed by atoms with Crippen molar-refractivity contribution in [1.29, 1.82) is 0 Å². The van der Waals surface area contributed by atoms with Gasteiger partial charge in [0.25, 0.3) is 0 Å². The molecule has 0 bridgehead atoms. The lowest BCUT2D eigenvalue weighted by atomic mass is 9.90. The first-order chi connectivity index (χ1) is 7.70. The van der Waals surface area contributed by atoms with Crippen molar-refractivity contribution < 1.29 is 13.9 Å². The number of rotatable bonds is 2. The first-order valence-corrected chi connectivity index (χ1v) is 5.33. The molecule has 0 spiro atoms. The number of fused-ring (bicyclic) bond motifs is 1. The normalized spacial score (nSPS) is 18.5. The van der Waals surface area contributed by atoms with Crippen molar-refractivity contribution in [1.82, 2.24) is 5.32 Å². The molecule has 1 aromatic carbocycles. The Balaban J connectivity index is 2.24. The fraction of sp³-hybridized carbons (Fsp3) is 0.417. The molecule has 1 N–H and O–H groups in total. The highest BCUT2D eigenvalue weighted by atomic mass is 19.1. The second-order valence-electron chi connectivity index (χ2n) is 3.89. The van der Waals surface area contributed by atoms with E-state index in [1.54, 1.807) is 13.1 Å². The highest BCUT2D eigenvalue weighted by Crippen LogP contribution is 2.35. The van der Waals surface area contributed by atoms with Crippen LogP contribution in [0.15, 0.2) is 18.2 Å². The molecule has 2 rings (SSSR count). The minimum Gasteiger partial charge on any atom is -0.493 e. The molecule has 0 saturated heterocycles. The van der Waals surface area contributed by atoms with Gasteiger partial charge in [-0.15, -0.1) is 0 Å². The van der Waals surface area contributed by atoms with E-state index in [1.165, 1.54) is 12.1 Å². The maximum Gasteiger partial charge on any atom is 0.220 e. The van der Waals surface area contributed by atoms with Crippen LogP contribution in [0.3, 0.4) is 0 Å². The van der Waals surface area contributed by atoms with Gasteiger partial charge in [-0.05, 0) is 30.5 Å². The number of nitrogens with one attached hydrogen (secondary N) is 1. The third-order valence-corrected chi connectivity index (χ3v) is 2.85. The van der Waals surface area contributed by atoms with Crippen LogP contribution in [0.25, 0.3) is 0 Å². The molecule has 1 atom stereocenters. The minimum atomic E-state index is -0.286. The van der Waals surface area contributed by atoms with E-state index in [9.17, 15) is 9.18 Å². The van der Waals surface area contributed by atoms with Gasteiger partial charge in [-0.25, -0.2) is 4.39 Å². The Morgan fingerprint density at radius 1 is 1.62 bits per heavy atom. The first-order valence-electron chi connectivity index (χ1n) is 5.33. The summed E-state index contributed by atoms with van der Waals surface area (Å²) < 4.78 is 18.6. The number of benzene rings is 1. The van der Waals surface area contributed by atoms with E-state index < -0.39 is 0 Å². The third-order valence-electron chi connectivity index (χ3n) is 2.85. The molecule has 1 aliphatic heterocycles. The van der Waals surface area contributed by atoms with Crippen LogP contribution >= 0.6 is 0 Å². The molecule has 1 amide bonds. The number of carbonyl (C=O) groups excluding carboxylic acids is 1. The third kappa shape index (κ3) is 2.15. The van der Waals surface area contributed by atoms with Crippen molar-refractivity contribution in [2.45, 2.75) is 18.8 Å². The van der Waals surface area contributed by atoms with Gasteiger partial charge in [-0.1, -0.05) is 0 Å². The fourth-order valence-electron chi connectivity index (χ4n) is 1.97. The highest BCUT2D eigenvalue weighted by Gasteiger charge is 2.23. The monoisotopic (exact) mass is 223 g/mol. The van der Waals surface area contributed by atoms with Crippen molar-refractivity contribution in [3.63, 3.8) is 0 Å². The molecule has 0 saturated carbocycles. The molecule has 1 aromatic rings. The van der Waals surface area contributed by atoms with E-state index in [1.807, 2.05) is 0 Å². The van der Waals surface area contributed by atoms with Crippen LogP contribution in [0.1, 0.15) is 24.3 Å². The summed E-state index contributed by atoms with van der Waals surface area (Å²) in [5.41, 5.74) is 0.801. The van der Waals surface area contributed by atoms with Gasteiger partial charge >= 0.3 is 0 Å². The SMILES string of the molecule is CNC(=O)CC1CCOc2ccc(F)cc21. The summed E-state index contributed by atoms with van der Waals surface area (Å²) in [6.45, 7) is 0.584. The van der Waals surface area contributed by atoms with Gasteiger partial charge in [0.15, 0.2) is 0 Å². The van der Waals surface area contributed by atoms with Gasteiger partial charge in [0, 0.05) is 19.0 Å². The largest absolute Gasteiger partial charge is 0.493 e. The molecule has 3 nitrogen and oxygen atoms in total. The van der Waals surface area contributed by atoms with Gasteiger partial charge in [0.05, 0.1) is 6.61 Å². The van der Waals surface area contributed by atoms with Crippen LogP contribution in [-0.4, -0.2) is 19.6 Å². The van der Waals surface area contributed by atoms with Crippen molar-refractivity contribution in [3.8, 4) is 5.75 Å². The Kier molecular flexibility index (Phi) is 3.08. The maximum atomic E-state index is 13.1. The topological polar surface area (TPSA) is 38.3 Å². The molecule has 16 heavy (non-hydrogen) atoms. The molecule has 1 aliphatic rings. The van der Waals surface area contributed by atoms with E-state index in [0.717, 1.165) is 12.0 Å². The zero-order valence-corrected chi connectivity index (χ0v) is 9.13. The summed E-state index contributed by atoms with van der Waals surface area (Å²) in [5.74, 6) is 0.439. The van der Waals surface area contributed by atoms with Crippen molar-refractivity contribution in [2.75, 3.05) is 13.7 Å². The lowest BCUT2D eigenvalue weighted by molar-refractivity contribution is -0.121. The van der Waals surface area contributed by atoms with Gasteiger partial charge < -0.3 is 10.1 Å². The Morgan fingerprint density at radius 3 is 3.19 bits per heavy atom. The lowest BCUT2D eigenvalue weighted by Crippen LogP contribution is -2.23. The minimum absolute atomic E-state index is 0.0258. The predicted octanol–water partition coefficient (Wildman–Crippen LogP) is 1.83. The Morgan fingerprint density at radius 2 is 2.44 bits per heavy atom. The number of carbonyl (C=O) groups is 1. The first kappa shape index (κ1) is 10.9. The average Bonchev–Trinajstić information content (AvgIpc) is 2.29. The van der Waals surface area contributed by atoms with Crippen LogP contribution in [0.5, 0.6) is 5.75 Å². The summed E-state index contributed by atoms with van der Waals surface area (Å²) >= 11 is 0. The lowest BCUT2D eigenvalue weighted by Gasteiger charge is -2.25. The molecule has 0 aliphatic carbocycles. The zero-order valence-electron chi connectivity index (χ0n) is 9.13. The molecular formula is C12H14FNO2. The van der Waals surface area contributed by atoms with Gasteiger partial charge in [0.1, 0.15) is 11.6 Å². The molecule has 0 fully saturated rings. The van der Waals surface area contributed by atoms with Gasteiger partial charge in [-0.2, -0.15) is 0 Å². The smallest absolute Gasteiger partial charge is 0.220 e. The summed E-state index contributed by atoms with van der Waals surface area (Å²) in [7, 11) is 1.61. The van der Waals surface area contributed by atoms with E-state index in [-0.39, 0.29) is 17.6 Å². The molecule has 0 aromatic heterocycles. The predicted molar refractivity (Wildman–Crippen MR) is 57.9 cm³/mol. The van der Waals surface area contributed by atoms with Crippen LogP contribution in [0.4, 0.5) is 4.39 Å². The molecule has 1 heterocycles. The Bertz CT molecular complexity index is 406.